The summed E-state index contributed by atoms with van der Waals surface area (Å²) in [4.78, 5) is 27.1. The summed E-state index contributed by atoms with van der Waals surface area (Å²) in [6, 6.07) is 10.8. The number of carbonyl (C=O) groups excluding carboxylic acids is 2. The molecular formula is C22H25Cl2FN2O2S. The van der Waals surface area contributed by atoms with E-state index < -0.39 is 6.04 Å². The van der Waals surface area contributed by atoms with Crippen molar-refractivity contribution in [3.63, 3.8) is 0 Å². The molecule has 30 heavy (non-hydrogen) atoms. The van der Waals surface area contributed by atoms with Gasteiger partial charge in [-0.05, 0) is 44.5 Å². The summed E-state index contributed by atoms with van der Waals surface area (Å²) in [6.07, 6.45) is 0. The van der Waals surface area contributed by atoms with Gasteiger partial charge < -0.3 is 10.2 Å². The van der Waals surface area contributed by atoms with Gasteiger partial charge in [0.25, 0.3) is 0 Å². The molecule has 0 saturated carbocycles. The Hall–Kier alpha value is -1.76. The molecule has 0 fully saturated rings. The van der Waals surface area contributed by atoms with Gasteiger partial charge in [-0.1, -0.05) is 47.5 Å². The third-order valence-corrected chi connectivity index (χ3v) is 6.10. The topological polar surface area (TPSA) is 49.4 Å². The smallest absolute Gasteiger partial charge is 0.242 e. The average Bonchev–Trinajstić information content (AvgIpc) is 2.68. The number of carbonyl (C=O) groups is 2. The van der Waals surface area contributed by atoms with Crippen LogP contribution in [0, 0.1) is 5.82 Å². The van der Waals surface area contributed by atoms with E-state index in [2.05, 4.69) is 5.32 Å². The molecule has 2 aromatic carbocycles. The molecule has 2 amide bonds. The van der Waals surface area contributed by atoms with Crippen LogP contribution in [0.2, 0.25) is 10.0 Å². The molecule has 162 valence electrons. The Labute approximate surface area is 191 Å². The van der Waals surface area contributed by atoms with Gasteiger partial charge in [0.1, 0.15) is 11.9 Å². The van der Waals surface area contributed by atoms with Crippen LogP contribution in [0.25, 0.3) is 0 Å². The van der Waals surface area contributed by atoms with E-state index in [0.29, 0.717) is 26.9 Å². The quantitative estimate of drug-likeness (QED) is 0.540. The summed E-state index contributed by atoms with van der Waals surface area (Å²) >= 11 is 13.8. The maximum absolute atomic E-state index is 13.8. The molecule has 0 aliphatic carbocycles. The second-order valence-electron chi connectivity index (χ2n) is 7.15. The summed E-state index contributed by atoms with van der Waals surface area (Å²) in [5, 5.41) is 3.68. The molecule has 0 unspecified atom stereocenters. The van der Waals surface area contributed by atoms with Gasteiger partial charge in [-0.2, -0.15) is 0 Å². The van der Waals surface area contributed by atoms with Crippen LogP contribution in [0.4, 0.5) is 4.39 Å². The Morgan fingerprint density at radius 1 is 1.07 bits per heavy atom. The normalized spacial score (nSPS) is 12.0. The van der Waals surface area contributed by atoms with Crippen molar-refractivity contribution in [3.05, 3.63) is 69.5 Å². The highest BCUT2D eigenvalue weighted by atomic mass is 35.5. The second kappa shape index (κ2) is 11.6. The molecule has 0 heterocycles. The first-order chi connectivity index (χ1) is 14.2. The van der Waals surface area contributed by atoms with Crippen LogP contribution in [0.15, 0.2) is 42.5 Å². The number of nitrogens with one attached hydrogen (secondary N) is 1. The van der Waals surface area contributed by atoms with Crippen molar-refractivity contribution >= 4 is 46.8 Å². The second-order valence-corrected chi connectivity index (χ2v) is 8.95. The molecule has 4 nitrogen and oxygen atoms in total. The standard InChI is InChI=1S/C22H25Cl2FN2O2S/c1-14(2)26-22(29)15(3)27(11-17-18(23)8-6-9-19(17)24)21(28)13-30-12-16-7-4-5-10-20(16)25/h4-10,14-15H,11-13H2,1-3H3,(H,26,29)/t15-/m0/s1. The number of nitrogens with zero attached hydrogens (tertiary/aromatic N) is 1. The van der Waals surface area contributed by atoms with Crippen LogP contribution < -0.4 is 5.32 Å². The lowest BCUT2D eigenvalue weighted by Crippen LogP contribution is -2.49. The van der Waals surface area contributed by atoms with Gasteiger partial charge in [0, 0.05) is 33.9 Å². The molecule has 2 rings (SSSR count). The molecule has 1 atom stereocenters. The van der Waals surface area contributed by atoms with E-state index in [9.17, 15) is 14.0 Å². The molecule has 0 saturated heterocycles. The molecule has 1 N–H and O–H groups in total. The third kappa shape index (κ3) is 6.89. The van der Waals surface area contributed by atoms with Gasteiger partial charge in [0.2, 0.25) is 11.8 Å². The average molecular weight is 471 g/mol. The largest absolute Gasteiger partial charge is 0.352 e. The summed E-state index contributed by atoms with van der Waals surface area (Å²) < 4.78 is 13.8. The van der Waals surface area contributed by atoms with Crippen molar-refractivity contribution in [3.8, 4) is 0 Å². The Kier molecular flexibility index (Phi) is 9.46. The maximum Gasteiger partial charge on any atom is 0.242 e. The van der Waals surface area contributed by atoms with E-state index >= 15 is 0 Å². The molecule has 0 bridgehead atoms. The zero-order valence-electron chi connectivity index (χ0n) is 17.1. The number of amides is 2. The lowest BCUT2D eigenvalue weighted by atomic mass is 10.1. The first-order valence-corrected chi connectivity index (χ1v) is 11.5. The van der Waals surface area contributed by atoms with E-state index in [1.807, 2.05) is 13.8 Å². The Balaban J connectivity index is 2.16. The number of benzene rings is 2. The minimum Gasteiger partial charge on any atom is -0.352 e. The fraction of sp³-hybridized carbons (Fsp3) is 0.364. The zero-order valence-corrected chi connectivity index (χ0v) is 19.5. The predicted octanol–water partition coefficient (Wildman–Crippen LogP) is 5.31. The highest BCUT2D eigenvalue weighted by Crippen LogP contribution is 2.27. The maximum atomic E-state index is 13.8. The number of rotatable bonds is 9. The Morgan fingerprint density at radius 2 is 1.70 bits per heavy atom. The van der Waals surface area contributed by atoms with Gasteiger partial charge in [-0.15, -0.1) is 11.8 Å². The van der Waals surface area contributed by atoms with Crippen LogP contribution >= 0.6 is 35.0 Å². The highest BCUT2D eigenvalue weighted by molar-refractivity contribution is 7.99. The van der Waals surface area contributed by atoms with Crippen molar-refractivity contribution < 1.29 is 14.0 Å². The predicted molar refractivity (Wildman–Crippen MR) is 122 cm³/mol. The van der Waals surface area contributed by atoms with Crippen molar-refractivity contribution in [1.29, 1.82) is 0 Å². The summed E-state index contributed by atoms with van der Waals surface area (Å²) in [7, 11) is 0. The molecule has 8 heteroatoms. The lowest BCUT2D eigenvalue weighted by Gasteiger charge is -2.30. The molecule has 0 aliphatic heterocycles. The van der Waals surface area contributed by atoms with Crippen LogP contribution in [0.3, 0.4) is 0 Å². The molecule has 0 aromatic heterocycles. The van der Waals surface area contributed by atoms with E-state index in [0.717, 1.165) is 0 Å². The fourth-order valence-corrected chi connectivity index (χ4v) is 4.20. The van der Waals surface area contributed by atoms with Gasteiger partial charge in [0.15, 0.2) is 0 Å². The molecule has 0 spiro atoms. The number of thioether (sulfide) groups is 1. The van der Waals surface area contributed by atoms with E-state index in [1.54, 1.807) is 43.3 Å². The summed E-state index contributed by atoms with van der Waals surface area (Å²) in [5.74, 6) is -0.373. The van der Waals surface area contributed by atoms with Crippen LogP contribution in [0.5, 0.6) is 0 Å². The van der Waals surface area contributed by atoms with Crippen LogP contribution in [0.1, 0.15) is 31.9 Å². The third-order valence-electron chi connectivity index (χ3n) is 4.43. The van der Waals surface area contributed by atoms with E-state index in [1.165, 1.54) is 22.7 Å². The Bertz CT molecular complexity index is 875. The van der Waals surface area contributed by atoms with Gasteiger partial charge in [0.05, 0.1) is 5.75 Å². The van der Waals surface area contributed by atoms with Gasteiger partial charge in [-0.25, -0.2) is 4.39 Å². The molecular weight excluding hydrogens is 446 g/mol. The van der Waals surface area contributed by atoms with Crippen molar-refractivity contribution in [2.75, 3.05) is 5.75 Å². The number of hydrogen-bond donors (Lipinski definition) is 1. The first-order valence-electron chi connectivity index (χ1n) is 9.54. The number of halogens is 3. The first kappa shape index (κ1) is 24.5. The van der Waals surface area contributed by atoms with Crippen molar-refractivity contribution in [2.45, 2.75) is 45.2 Å². The zero-order chi connectivity index (χ0) is 22.3. The molecule has 2 aromatic rings. The van der Waals surface area contributed by atoms with Crippen molar-refractivity contribution in [2.24, 2.45) is 0 Å². The van der Waals surface area contributed by atoms with Gasteiger partial charge in [-0.3, -0.25) is 9.59 Å². The van der Waals surface area contributed by atoms with Crippen LogP contribution in [-0.4, -0.2) is 34.6 Å². The lowest BCUT2D eigenvalue weighted by molar-refractivity contribution is -0.138. The van der Waals surface area contributed by atoms with Gasteiger partial charge >= 0.3 is 0 Å². The highest BCUT2D eigenvalue weighted by Gasteiger charge is 2.27. The molecule has 0 radical (unpaired) electrons. The van der Waals surface area contributed by atoms with E-state index in [4.69, 9.17) is 23.2 Å². The van der Waals surface area contributed by atoms with Crippen LogP contribution in [-0.2, 0) is 21.9 Å². The summed E-state index contributed by atoms with van der Waals surface area (Å²) in [5.41, 5.74) is 1.11. The SMILES string of the molecule is CC(C)NC(=O)[C@H](C)N(Cc1c(Cl)cccc1Cl)C(=O)CSCc1ccccc1F. The monoisotopic (exact) mass is 470 g/mol. The molecule has 0 aliphatic rings. The number of hydrogen-bond acceptors (Lipinski definition) is 3. The minimum atomic E-state index is -0.721. The fourth-order valence-electron chi connectivity index (χ4n) is 2.79. The minimum absolute atomic E-state index is 0.0590. The summed E-state index contributed by atoms with van der Waals surface area (Å²) in [6.45, 7) is 5.48. The Morgan fingerprint density at radius 3 is 2.30 bits per heavy atom. The van der Waals surface area contributed by atoms with E-state index in [-0.39, 0.29) is 36.0 Å². The van der Waals surface area contributed by atoms with Crippen molar-refractivity contribution in [1.82, 2.24) is 10.2 Å².